The highest BCUT2D eigenvalue weighted by Crippen LogP contribution is 2.59. The number of fused-ring (bicyclic) bond motifs is 1. The van der Waals surface area contributed by atoms with Gasteiger partial charge in [0.05, 0.1) is 5.52 Å². The number of H-pyrrole nitrogens is 1. The molecular formula is C21H20F5N5O2. The minimum absolute atomic E-state index is 0.0166. The molecule has 1 saturated heterocycles. The highest BCUT2D eigenvalue weighted by Gasteiger charge is 2.65. The zero-order valence-corrected chi connectivity index (χ0v) is 17.7. The molecule has 0 unspecified atom stereocenters. The maximum absolute atomic E-state index is 14.1. The molecule has 0 amide bonds. The lowest BCUT2D eigenvalue weighted by atomic mass is 9.77. The van der Waals surface area contributed by atoms with Crippen LogP contribution in [0, 0.1) is 17.6 Å². The summed E-state index contributed by atoms with van der Waals surface area (Å²) in [6.07, 6.45) is -4.76. The van der Waals surface area contributed by atoms with E-state index in [2.05, 4.69) is 19.9 Å². The van der Waals surface area contributed by atoms with E-state index < -0.39 is 47.1 Å². The van der Waals surface area contributed by atoms with Crippen LogP contribution in [-0.2, 0) is 4.74 Å². The van der Waals surface area contributed by atoms with Gasteiger partial charge in [-0.15, -0.1) is 0 Å². The molecule has 1 fully saturated rings. The Hall–Kier alpha value is -3.28. The Bertz CT molecular complexity index is 1260. The number of phenols is 1. The lowest BCUT2D eigenvalue weighted by Crippen LogP contribution is -2.46. The van der Waals surface area contributed by atoms with E-state index in [0.29, 0.717) is 5.52 Å². The first-order chi connectivity index (χ1) is 15.4. The van der Waals surface area contributed by atoms with Gasteiger partial charge in [-0.2, -0.15) is 17.6 Å². The molecule has 0 spiro atoms. The number of aromatic hydroxyl groups is 1. The van der Waals surface area contributed by atoms with Crippen molar-refractivity contribution < 1.29 is 31.8 Å². The van der Waals surface area contributed by atoms with Crippen LogP contribution in [-0.4, -0.2) is 44.7 Å². The summed E-state index contributed by atoms with van der Waals surface area (Å²) in [5.41, 5.74) is 3.84. The number of phenolic OH excluding ortho intramolecular Hbond substituents is 1. The summed E-state index contributed by atoms with van der Waals surface area (Å²) in [4.78, 5) is 15.3. The average Bonchev–Trinajstić information content (AvgIpc) is 3.31. The van der Waals surface area contributed by atoms with Gasteiger partial charge in [-0.05, 0) is 19.1 Å². The molecule has 1 aromatic carbocycles. The van der Waals surface area contributed by atoms with Crippen molar-refractivity contribution in [1.29, 1.82) is 0 Å². The summed E-state index contributed by atoms with van der Waals surface area (Å²) >= 11 is 0. The third-order valence-corrected chi connectivity index (χ3v) is 6.30. The van der Waals surface area contributed by atoms with E-state index in [9.17, 15) is 27.1 Å². The van der Waals surface area contributed by atoms with E-state index in [4.69, 9.17) is 10.5 Å². The predicted molar refractivity (Wildman–Crippen MR) is 109 cm³/mol. The molecule has 33 heavy (non-hydrogen) atoms. The van der Waals surface area contributed by atoms with Gasteiger partial charge in [-0.1, -0.05) is 13.0 Å². The van der Waals surface area contributed by atoms with Crippen LogP contribution < -0.4 is 5.73 Å². The summed E-state index contributed by atoms with van der Waals surface area (Å²) in [5, 5.41) is 10.3. The van der Waals surface area contributed by atoms with E-state index in [1.54, 1.807) is 6.07 Å². The van der Waals surface area contributed by atoms with Crippen molar-refractivity contribution in [3.8, 4) is 5.75 Å². The van der Waals surface area contributed by atoms with Crippen LogP contribution in [0.2, 0.25) is 0 Å². The van der Waals surface area contributed by atoms with E-state index in [0.717, 1.165) is 19.1 Å². The zero-order chi connectivity index (χ0) is 24.3. The molecule has 3 heterocycles. The minimum atomic E-state index is -4.80. The maximum Gasteiger partial charge on any atom is 0.417 e. The third kappa shape index (κ3) is 3.39. The van der Waals surface area contributed by atoms with Gasteiger partial charge < -0.3 is 20.6 Å². The van der Waals surface area contributed by atoms with Crippen LogP contribution in [0.5, 0.6) is 5.75 Å². The number of imidazole rings is 1. The van der Waals surface area contributed by atoms with Crippen LogP contribution >= 0.6 is 0 Å². The second-order valence-electron chi connectivity index (χ2n) is 8.04. The normalized spacial score (nSPS) is 26.3. The molecule has 0 aliphatic carbocycles. The quantitative estimate of drug-likeness (QED) is 0.304. The fraction of sp³-hybridized carbons (Fsp3) is 0.381. The fourth-order valence-electron chi connectivity index (χ4n) is 4.24. The van der Waals surface area contributed by atoms with Gasteiger partial charge in [0.1, 0.15) is 29.0 Å². The van der Waals surface area contributed by atoms with Crippen molar-refractivity contribution in [3.63, 3.8) is 0 Å². The predicted octanol–water partition coefficient (Wildman–Crippen LogP) is 4.09. The molecule has 3 aromatic rings. The monoisotopic (exact) mass is 469 g/mol. The number of ether oxygens (including phenoxy) is 1. The Morgan fingerprint density at radius 2 is 1.97 bits per heavy atom. The molecule has 0 saturated carbocycles. The van der Waals surface area contributed by atoms with Gasteiger partial charge in [0, 0.05) is 30.6 Å². The standard InChI is InChI=1S/C21H20F5N5O2/c1-8-12(9-4-5-10(22)13(23)16(9)32)17(33-20(8,2)21(24,25)26)19-30-11-6-7-29-15(14(11)31-19)18(27)28-3/h4-8,12,17,32H,1-3H3,(H2,27,28)(H,30,31)/t8-,12-,17+,20+/m0/s1. The number of nitrogens with one attached hydrogen (secondary N) is 1. The SMILES string of the molecule is CN=C(N)c1nccc2[nH]c([C@@H]3O[C@@](C)(C(F)(F)F)[C@@H](C)[C@H]3c3ccc(F)c(F)c3O)nc12. The summed E-state index contributed by atoms with van der Waals surface area (Å²) in [6.45, 7) is 2.15. The second kappa shape index (κ2) is 7.65. The Morgan fingerprint density at radius 3 is 2.61 bits per heavy atom. The van der Waals surface area contributed by atoms with Crippen LogP contribution in [0.3, 0.4) is 0 Å². The number of aromatic nitrogens is 3. The first kappa shape index (κ1) is 22.9. The van der Waals surface area contributed by atoms with Crippen molar-refractivity contribution in [3.05, 3.63) is 53.1 Å². The van der Waals surface area contributed by atoms with Crippen LogP contribution in [0.25, 0.3) is 11.0 Å². The largest absolute Gasteiger partial charge is 0.505 e. The fourth-order valence-corrected chi connectivity index (χ4v) is 4.24. The number of pyridine rings is 1. The summed E-state index contributed by atoms with van der Waals surface area (Å²) in [7, 11) is 1.45. The first-order valence-electron chi connectivity index (χ1n) is 9.89. The molecule has 1 aliphatic rings. The molecular weight excluding hydrogens is 449 g/mol. The first-order valence-corrected chi connectivity index (χ1v) is 9.89. The smallest absolute Gasteiger partial charge is 0.417 e. The number of hydrogen-bond donors (Lipinski definition) is 3. The highest BCUT2D eigenvalue weighted by atomic mass is 19.4. The Kier molecular flexibility index (Phi) is 5.31. The number of hydrogen-bond acceptors (Lipinski definition) is 5. The van der Waals surface area contributed by atoms with Crippen molar-refractivity contribution in [1.82, 2.24) is 15.0 Å². The van der Waals surface area contributed by atoms with E-state index in [1.165, 1.54) is 20.2 Å². The molecule has 0 radical (unpaired) electrons. The van der Waals surface area contributed by atoms with Crippen molar-refractivity contribution >= 4 is 16.9 Å². The number of aliphatic imine (C=N–C) groups is 1. The van der Waals surface area contributed by atoms with Crippen LogP contribution in [0.1, 0.15) is 43.0 Å². The van der Waals surface area contributed by atoms with Crippen molar-refractivity contribution in [2.75, 3.05) is 7.05 Å². The molecule has 4 N–H and O–H groups in total. The maximum atomic E-state index is 14.1. The second-order valence-corrected chi connectivity index (χ2v) is 8.04. The van der Waals surface area contributed by atoms with Gasteiger partial charge in [-0.25, -0.2) is 9.37 Å². The van der Waals surface area contributed by atoms with Gasteiger partial charge in [0.2, 0.25) is 5.82 Å². The van der Waals surface area contributed by atoms with Crippen molar-refractivity contribution in [2.24, 2.45) is 16.6 Å². The Balaban J connectivity index is 1.92. The zero-order valence-electron chi connectivity index (χ0n) is 17.7. The van der Waals surface area contributed by atoms with E-state index in [-0.39, 0.29) is 28.4 Å². The number of rotatable bonds is 3. The van der Waals surface area contributed by atoms with Gasteiger partial charge in [0.25, 0.3) is 0 Å². The van der Waals surface area contributed by atoms with Crippen molar-refractivity contribution in [2.45, 2.75) is 37.6 Å². The lowest BCUT2D eigenvalue weighted by molar-refractivity contribution is -0.275. The van der Waals surface area contributed by atoms with E-state index >= 15 is 0 Å². The number of nitrogens with two attached hydrogens (primary N) is 1. The van der Waals surface area contributed by atoms with E-state index in [1.807, 2.05) is 0 Å². The number of amidine groups is 1. The summed E-state index contributed by atoms with van der Waals surface area (Å²) < 4.78 is 75.4. The molecule has 7 nitrogen and oxygen atoms in total. The number of halogens is 5. The van der Waals surface area contributed by atoms with Crippen LogP contribution in [0.15, 0.2) is 29.4 Å². The van der Waals surface area contributed by atoms with Gasteiger partial charge >= 0.3 is 6.18 Å². The average molecular weight is 469 g/mol. The molecule has 0 bridgehead atoms. The molecule has 1 aliphatic heterocycles. The number of nitrogens with zero attached hydrogens (tertiary/aromatic N) is 3. The highest BCUT2D eigenvalue weighted by molar-refractivity contribution is 6.05. The Labute approximate surface area is 184 Å². The lowest BCUT2D eigenvalue weighted by Gasteiger charge is -2.31. The van der Waals surface area contributed by atoms with Gasteiger partial charge in [-0.3, -0.25) is 9.98 Å². The van der Waals surface area contributed by atoms with Gasteiger partial charge in [0.15, 0.2) is 17.2 Å². The number of alkyl halides is 3. The molecule has 12 heteroatoms. The Morgan fingerprint density at radius 1 is 1.27 bits per heavy atom. The minimum Gasteiger partial charge on any atom is -0.505 e. The molecule has 2 aromatic heterocycles. The molecule has 176 valence electrons. The summed E-state index contributed by atoms with van der Waals surface area (Å²) in [5.74, 6) is -6.43. The molecule has 4 rings (SSSR count). The topological polar surface area (TPSA) is 109 Å². The van der Waals surface area contributed by atoms with Crippen LogP contribution in [0.4, 0.5) is 22.0 Å². The third-order valence-electron chi connectivity index (χ3n) is 6.30. The molecule has 4 atom stereocenters. The summed E-state index contributed by atoms with van der Waals surface area (Å²) in [6, 6.07) is 3.34. The number of benzene rings is 1. The number of aromatic amines is 1.